The summed E-state index contributed by atoms with van der Waals surface area (Å²) in [7, 11) is 3.27. The molecule has 1 aliphatic rings. The lowest BCUT2D eigenvalue weighted by Gasteiger charge is -2.34. The largest absolute Gasteiger partial charge is 0.368 e. The zero-order valence-corrected chi connectivity index (χ0v) is 19.5. The number of nitrogen functional groups attached to an aromatic ring is 1. The van der Waals surface area contributed by atoms with Crippen molar-refractivity contribution in [2.24, 2.45) is 7.05 Å². The van der Waals surface area contributed by atoms with Crippen LogP contribution in [-0.4, -0.2) is 38.9 Å². The molecule has 2 aromatic heterocycles. The number of benzene rings is 1. The highest BCUT2D eigenvalue weighted by atomic mass is 19.1. The fourth-order valence-corrected chi connectivity index (χ4v) is 3.52. The first kappa shape index (κ1) is 23.0. The molecular formula is C22H26FN9O2. The molecular weight excluding hydrogens is 441 g/mol. The van der Waals surface area contributed by atoms with Crippen LogP contribution in [0.1, 0.15) is 32.0 Å². The van der Waals surface area contributed by atoms with Crippen molar-refractivity contribution in [1.82, 2.24) is 19.7 Å². The van der Waals surface area contributed by atoms with Crippen LogP contribution in [0.5, 0.6) is 0 Å². The van der Waals surface area contributed by atoms with Gasteiger partial charge in [-0.05, 0) is 18.2 Å². The Kier molecular flexibility index (Phi) is 5.59. The van der Waals surface area contributed by atoms with Crippen molar-refractivity contribution in [2.75, 3.05) is 33.2 Å². The average molecular weight is 468 g/mol. The number of nitrogens with two attached hydrogens (primary N) is 1. The predicted octanol–water partition coefficient (Wildman–Crippen LogP) is 3.45. The Morgan fingerprint density at radius 3 is 2.59 bits per heavy atom. The summed E-state index contributed by atoms with van der Waals surface area (Å²) in [6.07, 6.45) is 1.55. The molecule has 3 heterocycles. The summed E-state index contributed by atoms with van der Waals surface area (Å²) in [6.45, 7) is 6.21. The molecule has 0 atom stereocenters. The van der Waals surface area contributed by atoms with E-state index in [-0.39, 0.29) is 29.6 Å². The Hall–Kier alpha value is -4.22. The zero-order valence-electron chi connectivity index (χ0n) is 19.5. The highest BCUT2D eigenvalue weighted by molar-refractivity contribution is 6.06. The van der Waals surface area contributed by atoms with Crippen LogP contribution < -0.4 is 26.2 Å². The number of rotatable bonds is 3. The number of carbonyl (C=O) groups excluding carboxylic acids is 2. The van der Waals surface area contributed by atoms with E-state index in [9.17, 15) is 14.0 Å². The molecule has 0 radical (unpaired) electrons. The molecule has 4 amide bonds. The molecule has 0 bridgehead atoms. The van der Waals surface area contributed by atoms with E-state index >= 15 is 0 Å². The van der Waals surface area contributed by atoms with Crippen molar-refractivity contribution >= 4 is 41.0 Å². The van der Waals surface area contributed by atoms with Crippen molar-refractivity contribution < 1.29 is 14.0 Å². The molecule has 0 saturated heterocycles. The van der Waals surface area contributed by atoms with Crippen LogP contribution in [0.3, 0.4) is 0 Å². The molecule has 12 heteroatoms. The van der Waals surface area contributed by atoms with Crippen LogP contribution in [0.2, 0.25) is 0 Å². The van der Waals surface area contributed by atoms with Crippen LogP contribution in [0.4, 0.5) is 42.9 Å². The van der Waals surface area contributed by atoms with E-state index in [0.29, 0.717) is 22.9 Å². The molecule has 1 aromatic carbocycles. The number of carbonyl (C=O) groups is 2. The molecule has 0 aliphatic carbocycles. The summed E-state index contributed by atoms with van der Waals surface area (Å²) < 4.78 is 16.1. The highest BCUT2D eigenvalue weighted by Crippen LogP contribution is 2.31. The monoisotopic (exact) mass is 467 g/mol. The number of hydrogen-bond donors (Lipinski definition) is 3. The molecule has 0 fully saturated rings. The van der Waals surface area contributed by atoms with Gasteiger partial charge in [0.2, 0.25) is 5.95 Å². The molecule has 1 aliphatic heterocycles. The third kappa shape index (κ3) is 4.34. The van der Waals surface area contributed by atoms with Gasteiger partial charge in [-0.2, -0.15) is 10.1 Å². The molecule has 4 rings (SSSR count). The van der Waals surface area contributed by atoms with Gasteiger partial charge in [0.1, 0.15) is 17.5 Å². The number of nitrogens with one attached hydrogen (secondary N) is 2. The molecule has 0 saturated carbocycles. The molecule has 0 unspecified atom stereocenters. The summed E-state index contributed by atoms with van der Waals surface area (Å²) in [5.41, 5.74) is 7.24. The van der Waals surface area contributed by atoms with Gasteiger partial charge >= 0.3 is 12.1 Å². The van der Waals surface area contributed by atoms with E-state index in [1.165, 1.54) is 28.0 Å². The van der Waals surface area contributed by atoms with Gasteiger partial charge in [0, 0.05) is 43.0 Å². The first-order valence-corrected chi connectivity index (χ1v) is 10.5. The van der Waals surface area contributed by atoms with E-state index < -0.39 is 11.8 Å². The minimum atomic E-state index is -0.645. The van der Waals surface area contributed by atoms with E-state index in [0.717, 1.165) is 5.69 Å². The fraction of sp³-hybridized carbons (Fsp3) is 0.318. The van der Waals surface area contributed by atoms with Gasteiger partial charge in [0.25, 0.3) is 0 Å². The second kappa shape index (κ2) is 8.28. The van der Waals surface area contributed by atoms with Crippen molar-refractivity contribution in [3.63, 3.8) is 0 Å². The average Bonchev–Trinajstić information content (AvgIpc) is 3.13. The maximum Gasteiger partial charge on any atom is 0.330 e. The Morgan fingerprint density at radius 1 is 1.18 bits per heavy atom. The quantitative estimate of drug-likeness (QED) is 0.540. The lowest BCUT2D eigenvalue weighted by Crippen LogP contribution is -2.46. The van der Waals surface area contributed by atoms with Gasteiger partial charge in [-0.15, -0.1) is 0 Å². The minimum absolute atomic E-state index is 0.0640. The van der Waals surface area contributed by atoms with Gasteiger partial charge in [0.15, 0.2) is 0 Å². The van der Waals surface area contributed by atoms with Crippen molar-refractivity contribution in [3.05, 3.63) is 47.5 Å². The SMILES string of the molecule is CN1C(=O)N(c2ccc(F)c(NC(=O)Nc3cc(C(C)(C)C)nn3C)c2)Cc2cnc(N)nc21. The number of hydrogen-bond acceptors (Lipinski definition) is 6. The topological polar surface area (TPSA) is 134 Å². The zero-order chi connectivity index (χ0) is 24.8. The number of amides is 4. The lowest BCUT2D eigenvalue weighted by atomic mass is 9.92. The second-order valence-electron chi connectivity index (χ2n) is 9.04. The third-order valence-electron chi connectivity index (χ3n) is 5.42. The maximum atomic E-state index is 14.5. The van der Waals surface area contributed by atoms with Crippen molar-refractivity contribution in [3.8, 4) is 0 Å². The first-order valence-electron chi connectivity index (χ1n) is 10.5. The van der Waals surface area contributed by atoms with Crippen LogP contribution in [0, 0.1) is 5.82 Å². The van der Waals surface area contributed by atoms with E-state index in [1.807, 2.05) is 20.8 Å². The number of aryl methyl sites for hydroxylation is 1. The van der Waals surface area contributed by atoms with Crippen LogP contribution >= 0.6 is 0 Å². The minimum Gasteiger partial charge on any atom is -0.368 e. The van der Waals surface area contributed by atoms with Crippen molar-refractivity contribution in [1.29, 1.82) is 0 Å². The van der Waals surface area contributed by atoms with E-state index in [1.54, 1.807) is 31.0 Å². The van der Waals surface area contributed by atoms with Gasteiger partial charge in [0.05, 0.1) is 17.9 Å². The summed E-state index contributed by atoms with van der Waals surface area (Å²) in [5.74, 6) is 0.296. The van der Waals surface area contributed by atoms with Crippen LogP contribution in [0.25, 0.3) is 0 Å². The van der Waals surface area contributed by atoms with Gasteiger partial charge in [-0.3, -0.25) is 19.8 Å². The molecule has 0 spiro atoms. The number of halogens is 1. The van der Waals surface area contributed by atoms with Gasteiger partial charge in [-0.25, -0.2) is 19.0 Å². The van der Waals surface area contributed by atoms with E-state index in [4.69, 9.17) is 5.73 Å². The molecule has 4 N–H and O–H groups in total. The maximum absolute atomic E-state index is 14.5. The van der Waals surface area contributed by atoms with E-state index in [2.05, 4.69) is 25.7 Å². The lowest BCUT2D eigenvalue weighted by molar-refractivity contribution is 0.251. The molecule has 34 heavy (non-hydrogen) atoms. The summed E-state index contributed by atoms with van der Waals surface area (Å²) in [6, 6.07) is 4.79. The van der Waals surface area contributed by atoms with Crippen LogP contribution in [-0.2, 0) is 19.0 Å². The Bertz CT molecular complexity index is 1280. The van der Waals surface area contributed by atoms with Crippen LogP contribution in [0.15, 0.2) is 30.5 Å². The normalized spacial score (nSPS) is 13.6. The summed E-state index contributed by atoms with van der Waals surface area (Å²) in [4.78, 5) is 36.4. The third-order valence-corrected chi connectivity index (χ3v) is 5.42. The number of fused-ring (bicyclic) bond motifs is 1. The molecule has 178 valence electrons. The number of urea groups is 2. The predicted molar refractivity (Wildman–Crippen MR) is 127 cm³/mol. The Morgan fingerprint density at radius 2 is 1.91 bits per heavy atom. The first-order chi connectivity index (χ1) is 15.9. The number of aromatic nitrogens is 4. The summed E-state index contributed by atoms with van der Waals surface area (Å²) >= 11 is 0. The number of nitrogens with zero attached hydrogens (tertiary/aromatic N) is 6. The Balaban J connectivity index is 1.55. The van der Waals surface area contributed by atoms with Gasteiger partial charge < -0.3 is 11.1 Å². The second-order valence-corrected chi connectivity index (χ2v) is 9.04. The molecule has 11 nitrogen and oxygen atoms in total. The Labute approximate surface area is 195 Å². The standard InChI is InChI=1S/C22H26FN9O2/c1-22(2,3)16-9-17(31(5)29-16)27-20(33)26-15-8-13(6-7-14(15)23)32-11-12-10-25-19(24)28-18(12)30(4)21(32)34/h6-10H,11H2,1-5H3,(H2,24,25,28)(H2,26,27,33). The fourth-order valence-electron chi connectivity index (χ4n) is 3.52. The van der Waals surface area contributed by atoms with Crippen molar-refractivity contribution in [2.45, 2.75) is 32.7 Å². The molecule has 3 aromatic rings. The summed E-state index contributed by atoms with van der Waals surface area (Å²) in [5, 5.41) is 9.59. The number of anilines is 5. The highest BCUT2D eigenvalue weighted by Gasteiger charge is 2.31. The van der Waals surface area contributed by atoms with Gasteiger partial charge in [-0.1, -0.05) is 20.8 Å². The smallest absolute Gasteiger partial charge is 0.330 e.